The molecule has 1 heterocycles. The third-order valence-electron chi connectivity index (χ3n) is 4.38. The minimum atomic E-state index is -3.38. The second-order valence-electron chi connectivity index (χ2n) is 5.81. The number of hydrogen-bond donors (Lipinski definition) is 2. The summed E-state index contributed by atoms with van der Waals surface area (Å²) in [6, 6.07) is 5.51. The molecule has 5 heteroatoms. The maximum atomic E-state index is 12.5. The lowest BCUT2D eigenvalue weighted by molar-refractivity contribution is 0.519. The van der Waals surface area contributed by atoms with Crippen LogP contribution >= 0.6 is 0 Å². The monoisotopic (exact) mass is 294 g/mol. The average molecular weight is 294 g/mol. The molecule has 1 aliphatic heterocycles. The van der Waals surface area contributed by atoms with Gasteiger partial charge in [-0.2, -0.15) is 0 Å². The molecule has 2 aliphatic rings. The van der Waals surface area contributed by atoms with Gasteiger partial charge in [0, 0.05) is 18.8 Å². The summed E-state index contributed by atoms with van der Waals surface area (Å²) in [6.45, 7) is 1.51. The second-order valence-corrected chi connectivity index (χ2v) is 7.55. The van der Waals surface area contributed by atoms with Crippen LogP contribution in [0.3, 0.4) is 0 Å². The molecule has 0 spiro atoms. The third kappa shape index (κ3) is 2.83. The Bertz CT molecular complexity index is 578. The molecule has 3 rings (SSSR count). The maximum Gasteiger partial charge on any atom is 0.240 e. The molecule has 1 aromatic carbocycles. The minimum Gasteiger partial charge on any atom is -0.385 e. The van der Waals surface area contributed by atoms with E-state index in [1.807, 2.05) is 12.1 Å². The van der Waals surface area contributed by atoms with Gasteiger partial charge in [-0.25, -0.2) is 13.1 Å². The lowest BCUT2D eigenvalue weighted by Gasteiger charge is -2.21. The number of rotatable bonds is 4. The van der Waals surface area contributed by atoms with Crippen molar-refractivity contribution in [2.24, 2.45) is 5.92 Å². The molecule has 0 bridgehead atoms. The first kappa shape index (κ1) is 13.9. The van der Waals surface area contributed by atoms with Gasteiger partial charge in [0.1, 0.15) is 0 Å². The van der Waals surface area contributed by atoms with Crippen molar-refractivity contribution >= 4 is 15.7 Å². The third-order valence-corrected chi connectivity index (χ3v) is 5.89. The molecule has 1 fully saturated rings. The zero-order valence-electron chi connectivity index (χ0n) is 11.7. The fourth-order valence-corrected chi connectivity index (χ4v) is 4.65. The molecule has 1 saturated carbocycles. The van der Waals surface area contributed by atoms with Crippen LogP contribution < -0.4 is 10.0 Å². The maximum absolute atomic E-state index is 12.5. The van der Waals surface area contributed by atoms with Crippen molar-refractivity contribution in [2.75, 3.05) is 18.4 Å². The summed E-state index contributed by atoms with van der Waals surface area (Å²) in [5.74, 6) is 0.516. The number of benzene rings is 1. The first-order valence-electron chi connectivity index (χ1n) is 7.52. The van der Waals surface area contributed by atoms with E-state index in [2.05, 4.69) is 10.0 Å². The van der Waals surface area contributed by atoms with Gasteiger partial charge in [0.25, 0.3) is 0 Å². The quantitative estimate of drug-likeness (QED) is 0.897. The molecule has 1 aliphatic carbocycles. The molecule has 0 amide bonds. The zero-order valence-corrected chi connectivity index (χ0v) is 12.5. The van der Waals surface area contributed by atoms with E-state index in [0.29, 0.717) is 17.4 Å². The smallest absolute Gasteiger partial charge is 0.240 e. The Labute approximate surface area is 121 Å². The van der Waals surface area contributed by atoms with E-state index >= 15 is 0 Å². The van der Waals surface area contributed by atoms with Gasteiger partial charge < -0.3 is 5.32 Å². The van der Waals surface area contributed by atoms with Crippen molar-refractivity contribution in [1.82, 2.24) is 4.72 Å². The number of anilines is 1. The number of sulfonamides is 1. The molecule has 0 unspecified atom stereocenters. The summed E-state index contributed by atoms with van der Waals surface area (Å²) in [5.41, 5.74) is 1.91. The molecule has 2 N–H and O–H groups in total. The van der Waals surface area contributed by atoms with Crippen molar-refractivity contribution in [3.05, 3.63) is 23.8 Å². The summed E-state index contributed by atoms with van der Waals surface area (Å²) in [4.78, 5) is 0.459. The van der Waals surface area contributed by atoms with Gasteiger partial charge in [-0.05, 0) is 49.3 Å². The van der Waals surface area contributed by atoms with E-state index in [1.54, 1.807) is 6.07 Å². The number of hydrogen-bond acceptors (Lipinski definition) is 3. The second kappa shape index (κ2) is 5.74. The van der Waals surface area contributed by atoms with Crippen LogP contribution in [0, 0.1) is 5.92 Å². The van der Waals surface area contributed by atoms with Crippen molar-refractivity contribution in [3.8, 4) is 0 Å². The summed E-state index contributed by atoms with van der Waals surface area (Å²) in [5, 5.41) is 3.28. The molecule has 0 aromatic heterocycles. The van der Waals surface area contributed by atoms with Gasteiger partial charge in [0.15, 0.2) is 0 Å². The van der Waals surface area contributed by atoms with Crippen LogP contribution in [0.1, 0.15) is 37.7 Å². The fourth-order valence-electron chi connectivity index (χ4n) is 3.25. The van der Waals surface area contributed by atoms with E-state index in [-0.39, 0.29) is 0 Å². The average Bonchev–Trinajstić information content (AvgIpc) is 2.98. The summed E-state index contributed by atoms with van der Waals surface area (Å²) in [6.07, 6.45) is 6.59. The Hall–Kier alpha value is -1.07. The summed E-state index contributed by atoms with van der Waals surface area (Å²) < 4.78 is 27.9. The summed E-state index contributed by atoms with van der Waals surface area (Å²) >= 11 is 0. The van der Waals surface area contributed by atoms with Crippen LogP contribution in [-0.4, -0.2) is 21.5 Å². The van der Waals surface area contributed by atoms with Crippen LogP contribution in [0.15, 0.2) is 23.1 Å². The van der Waals surface area contributed by atoms with Gasteiger partial charge in [-0.15, -0.1) is 0 Å². The Balaban J connectivity index is 1.80. The Kier molecular flexibility index (Phi) is 3.98. The Morgan fingerprint density at radius 2 is 2.00 bits per heavy atom. The zero-order chi connectivity index (χ0) is 14.0. The normalized spacial score (nSPS) is 19.6. The molecular weight excluding hydrogens is 272 g/mol. The van der Waals surface area contributed by atoms with Crippen LogP contribution in [0.25, 0.3) is 0 Å². The Morgan fingerprint density at radius 1 is 1.20 bits per heavy atom. The van der Waals surface area contributed by atoms with Crippen molar-refractivity contribution in [2.45, 2.75) is 43.4 Å². The lowest BCUT2D eigenvalue weighted by atomic mass is 10.0. The first-order chi connectivity index (χ1) is 9.67. The molecule has 4 nitrogen and oxygen atoms in total. The highest BCUT2D eigenvalue weighted by molar-refractivity contribution is 7.89. The predicted molar refractivity (Wildman–Crippen MR) is 80.4 cm³/mol. The van der Waals surface area contributed by atoms with Gasteiger partial charge in [0.2, 0.25) is 10.0 Å². The number of nitrogens with one attached hydrogen (secondary N) is 2. The van der Waals surface area contributed by atoms with E-state index in [0.717, 1.165) is 43.5 Å². The van der Waals surface area contributed by atoms with Gasteiger partial charge in [-0.1, -0.05) is 18.9 Å². The van der Waals surface area contributed by atoms with Gasteiger partial charge in [0.05, 0.1) is 4.90 Å². The molecular formula is C15H22N2O2S. The highest BCUT2D eigenvalue weighted by Gasteiger charge is 2.24. The van der Waals surface area contributed by atoms with Crippen LogP contribution in [0.4, 0.5) is 5.69 Å². The first-order valence-corrected chi connectivity index (χ1v) is 9.00. The van der Waals surface area contributed by atoms with Gasteiger partial charge in [-0.3, -0.25) is 0 Å². The molecule has 0 radical (unpaired) electrons. The molecule has 0 atom stereocenters. The van der Waals surface area contributed by atoms with Crippen LogP contribution in [0.2, 0.25) is 0 Å². The summed E-state index contributed by atoms with van der Waals surface area (Å²) in [7, 11) is -3.38. The van der Waals surface area contributed by atoms with E-state index in [9.17, 15) is 8.42 Å². The van der Waals surface area contributed by atoms with E-state index in [4.69, 9.17) is 0 Å². The predicted octanol–water partition coefficient (Wildman–Crippen LogP) is 2.51. The largest absolute Gasteiger partial charge is 0.385 e. The highest BCUT2D eigenvalue weighted by Crippen LogP contribution is 2.29. The SMILES string of the molecule is O=S(=O)(NCC1CCCC1)c1cccc2c1CCCN2. The van der Waals surface area contributed by atoms with Crippen LogP contribution in [0.5, 0.6) is 0 Å². The van der Waals surface area contributed by atoms with E-state index < -0.39 is 10.0 Å². The molecule has 20 heavy (non-hydrogen) atoms. The highest BCUT2D eigenvalue weighted by atomic mass is 32.2. The minimum absolute atomic E-state index is 0.459. The van der Waals surface area contributed by atoms with Crippen LogP contribution in [-0.2, 0) is 16.4 Å². The topological polar surface area (TPSA) is 58.2 Å². The van der Waals surface area contributed by atoms with Crippen molar-refractivity contribution in [1.29, 1.82) is 0 Å². The van der Waals surface area contributed by atoms with Gasteiger partial charge >= 0.3 is 0 Å². The Morgan fingerprint density at radius 3 is 2.80 bits per heavy atom. The lowest BCUT2D eigenvalue weighted by Crippen LogP contribution is -2.30. The molecule has 0 saturated heterocycles. The van der Waals surface area contributed by atoms with Crippen molar-refractivity contribution < 1.29 is 8.42 Å². The van der Waals surface area contributed by atoms with E-state index in [1.165, 1.54) is 12.8 Å². The fraction of sp³-hybridized carbons (Fsp3) is 0.600. The van der Waals surface area contributed by atoms with Crippen molar-refractivity contribution in [3.63, 3.8) is 0 Å². The molecule has 110 valence electrons. The molecule has 1 aromatic rings. The standard InChI is InChI=1S/C15H22N2O2S/c18-20(19,17-11-12-5-1-2-6-12)15-9-3-8-14-13(15)7-4-10-16-14/h3,8-9,12,16-17H,1-2,4-7,10-11H2. The number of fused-ring (bicyclic) bond motifs is 1.